The summed E-state index contributed by atoms with van der Waals surface area (Å²) < 4.78 is 78.7. The summed E-state index contributed by atoms with van der Waals surface area (Å²) in [5, 5.41) is 19.2. The van der Waals surface area contributed by atoms with Crippen molar-refractivity contribution in [3.05, 3.63) is 29.7 Å². The molecular formula is C23H27F6N5O3. The van der Waals surface area contributed by atoms with Crippen LogP contribution >= 0.6 is 0 Å². The SMILES string of the molecule is O=C(CCC(F)(F)F)N[C@H](O)c1cnn2cc([C@@H](NC(=O)[C@@H]3C[C@@H]3CF)C3CCC(F)(F)CC3)nc2c1. The number of hydrogen-bond acceptors (Lipinski definition) is 5. The summed E-state index contributed by atoms with van der Waals surface area (Å²) in [6, 6.07) is 0.640. The van der Waals surface area contributed by atoms with E-state index in [0.717, 1.165) is 0 Å². The van der Waals surface area contributed by atoms with Gasteiger partial charge in [0.15, 0.2) is 11.9 Å². The summed E-state index contributed by atoms with van der Waals surface area (Å²) in [5.74, 6) is -5.32. The molecule has 0 bridgehead atoms. The highest BCUT2D eigenvalue weighted by molar-refractivity contribution is 5.82. The van der Waals surface area contributed by atoms with Crippen LogP contribution < -0.4 is 10.6 Å². The number of carbonyl (C=O) groups excluding carboxylic acids is 2. The van der Waals surface area contributed by atoms with Gasteiger partial charge in [-0.15, -0.1) is 0 Å². The second kappa shape index (κ2) is 10.5. The van der Waals surface area contributed by atoms with Gasteiger partial charge in [0, 0.05) is 30.7 Å². The third-order valence-corrected chi connectivity index (χ3v) is 6.92. The Hall–Kier alpha value is -2.90. The Labute approximate surface area is 207 Å². The van der Waals surface area contributed by atoms with Crippen LogP contribution in [0.2, 0.25) is 0 Å². The molecular weight excluding hydrogens is 508 g/mol. The molecule has 2 aromatic heterocycles. The van der Waals surface area contributed by atoms with Crippen LogP contribution in [0.15, 0.2) is 18.5 Å². The van der Waals surface area contributed by atoms with Gasteiger partial charge in [-0.1, -0.05) is 0 Å². The Bertz CT molecular complexity index is 1130. The lowest BCUT2D eigenvalue weighted by atomic mass is 9.81. The molecule has 2 aliphatic carbocycles. The van der Waals surface area contributed by atoms with Gasteiger partial charge in [-0.05, 0) is 37.2 Å². The van der Waals surface area contributed by atoms with Crippen molar-refractivity contribution in [2.24, 2.45) is 17.8 Å². The maximum absolute atomic E-state index is 13.8. The number of nitrogens with one attached hydrogen (secondary N) is 2. The molecule has 2 heterocycles. The van der Waals surface area contributed by atoms with Crippen LogP contribution in [0.1, 0.15) is 68.5 Å². The van der Waals surface area contributed by atoms with Crippen molar-refractivity contribution in [2.45, 2.75) is 69.3 Å². The molecule has 2 fully saturated rings. The Morgan fingerprint density at radius 1 is 1.22 bits per heavy atom. The molecule has 3 N–H and O–H groups in total. The van der Waals surface area contributed by atoms with E-state index in [-0.39, 0.29) is 54.6 Å². The number of aliphatic hydroxyl groups excluding tert-OH is 1. The highest BCUT2D eigenvalue weighted by atomic mass is 19.4. The molecule has 2 aliphatic rings. The van der Waals surface area contributed by atoms with Crippen molar-refractivity contribution in [1.29, 1.82) is 0 Å². The smallest absolute Gasteiger partial charge is 0.369 e. The number of nitrogens with zero attached hydrogens (tertiary/aromatic N) is 3. The zero-order chi connectivity index (χ0) is 27.0. The quantitative estimate of drug-likeness (QED) is 0.335. The van der Waals surface area contributed by atoms with Crippen molar-refractivity contribution >= 4 is 17.5 Å². The van der Waals surface area contributed by atoms with Gasteiger partial charge in [-0.3, -0.25) is 14.0 Å². The predicted octanol–water partition coefficient (Wildman–Crippen LogP) is 3.77. The number of alkyl halides is 6. The molecule has 37 heavy (non-hydrogen) atoms. The number of fused-ring (bicyclic) bond motifs is 1. The van der Waals surface area contributed by atoms with E-state index >= 15 is 0 Å². The van der Waals surface area contributed by atoms with Gasteiger partial charge >= 0.3 is 6.18 Å². The standard InChI is InChI=1S/C23H27F6N5O3/c24-9-13-7-15(13)21(37)33-19(12-1-4-22(25,26)5-2-12)16-11-34-17(31-16)8-14(10-30-34)20(36)32-18(35)3-6-23(27,28)29/h8,10-13,15,19-20,36H,1-7,9H2,(H,32,35)(H,33,37)/t13-,15-,19+,20-/m1/s1. The van der Waals surface area contributed by atoms with Crippen molar-refractivity contribution in [3.8, 4) is 0 Å². The Kier molecular flexibility index (Phi) is 7.67. The number of aliphatic hydroxyl groups is 1. The molecule has 0 spiro atoms. The summed E-state index contributed by atoms with van der Waals surface area (Å²) in [6.45, 7) is -0.617. The second-order valence-electron chi connectivity index (χ2n) is 9.78. The van der Waals surface area contributed by atoms with Crippen molar-refractivity contribution in [1.82, 2.24) is 25.2 Å². The van der Waals surface area contributed by atoms with Gasteiger partial charge in [0.1, 0.15) is 0 Å². The van der Waals surface area contributed by atoms with Gasteiger partial charge in [-0.25, -0.2) is 18.3 Å². The fraction of sp³-hybridized carbons (Fsp3) is 0.652. The fourth-order valence-electron chi connectivity index (χ4n) is 4.60. The third-order valence-electron chi connectivity index (χ3n) is 6.92. The van der Waals surface area contributed by atoms with Gasteiger partial charge in [0.2, 0.25) is 17.7 Å². The number of imidazole rings is 1. The van der Waals surface area contributed by atoms with Crippen LogP contribution in [0.25, 0.3) is 5.65 Å². The molecule has 0 radical (unpaired) electrons. The van der Waals surface area contributed by atoms with Gasteiger partial charge in [0.05, 0.1) is 37.2 Å². The minimum absolute atomic E-state index is 0.0617. The largest absolute Gasteiger partial charge is 0.389 e. The molecule has 4 atom stereocenters. The molecule has 14 heteroatoms. The van der Waals surface area contributed by atoms with E-state index in [9.17, 15) is 41.0 Å². The number of hydrogen-bond donors (Lipinski definition) is 3. The van der Waals surface area contributed by atoms with E-state index in [2.05, 4.69) is 20.7 Å². The first-order valence-electron chi connectivity index (χ1n) is 12.0. The Morgan fingerprint density at radius 2 is 1.92 bits per heavy atom. The summed E-state index contributed by atoms with van der Waals surface area (Å²) >= 11 is 0. The fourth-order valence-corrected chi connectivity index (χ4v) is 4.60. The van der Waals surface area contributed by atoms with Crippen molar-refractivity contribution in [3.63, 3.8) is 0 Å². The van der Waals surface area contributed by atoms with Crippen molar-refractivity contribution in [2.75, 3.05) is 6.67 Å². The molecule has 0 saturated heterocycles. The summed E-state index contributed by atoms with van der Waals surface area (Å²) in [4.78, 5) is 28.9. The molecule has 0 aliphatic heterocycles. The maximum atomic E-state index is 13.8. The van der Waals surface area contributed by atoms with Gasteiger partial charge in [0.25, 0.3) is 0 Å². The summed E-state index contributed by atoms with van der Waals surface area (Å²) in [6.07, 6.45) is -5.61. The normalized spacial score (nSPS) is 23.4. The van der Waals surface area contributed by atoms with Crippen LogP contribution in [-0.2, 0) is 9.59 Å². The van der Waals surface area contributed by atoms with Gasteiger partial charge in [-0.2, -0.15) is 18.3 Å². The lowest BCUT2D eigenvalue weighted by Gasteiger charge is -2.33. The molecule has 2 aromatic rings. The Balaban J connectivity index is 1.51. The molecule has 8 nitrogen and oxygen atoms in total. The van der Waals surface area contributed by atoms with E-state index in [1.54, 1.807) is 0 Å². The minimum Gasteiger partial charge on any atom is -0.369 e. The monoisotopic (exact) mass is 535 g/mol. The van der Waals surface area contributed by atoms with E-state index in [4.69, 9.17) is 0 Å². The second-order valence-corrected chi connectivity index (χ2v) is 9.78. The zero-order valence-corrected chi connectivity index (χ0v) is 19.6. The molecule has 2 amide bonds. The average Bonchev–Trinajstić information content (AvgIpc) is 3.50. The summed E-state index contributed by atoms with van der Waals surface area (Å²) in [5.41, 5.74) is 0.602. The Morgan fingerprint density at radius 3 is 2.54 bits per heavy atom. The lowest BCUT2D eigenvalue weighted by molar-refractivity contribution is -0.145. The van der Waals surface area contributed by atoms with Gasteiger partial charge < -0.3 is 15.7 Å². The van der Waals surface area contributed by atoms with Crippen molar-refractivity contribution < 1.29 is 41.0 Å². The van der Waals surface area contributed by atoms with Crippen LogP contribution in [0.3, 0.4) is 0 Å². The first kappa shape index (κ1) is 27.1. The highest BCUT2D eigenvalue weighted by Gasteiger charge is 2.45. The van der Waals surface area contributed by atoms with Crippen LogP contribution in [0, 0.1) is 17.8 Å². The topological polar surface area (TPSA) is 109 Å². The molecule has 2 saturated carbocycles. The highest BCUT2D eigenvalue weighted by Crippen LogP contribution is 2.43. The number of carbonyl (C=O) groups is 2. The number of amides is 2. The number of aromatic nitrogens is 3. The number of halogens is 6. The molecule has 204 valence electrons. The van der Waals surface area contributed by atoms with E-state index in [0.29, 0.717) is 12.1 Å². The first-order chi connectivity index (χ1) is 17.3. The van der Waals surface area contributed by atoms with Crippen LogP contribution in [0.4, 0.5) is 26.3 Å². The predicted molar refractivity (Wildman–Crippen MR) is 117 cm³/mol. The minimum atomic E-state index is -4.51. The van der Waals surface area contributed by atoms with Crippen LogP contribution in [-0.4, -0.2) is 50.3 Å². The van der Waals surface area contributed by atoms with E-state index in [1.165, 1.54) is 23.0 Å². The lowest BCUT2D eigenvalue weighted by Crippen LogP contribution is -2.38. The third kappa shape index (κ3) is 6.90. The molecule has 4 rings (SSSR count). The maximum Gasteiger partial charge on any atom is 0.389 e. The van der Waals surface area contributed by atoms with E-state index in [1.807, 2.05) is 0 Å². The first-order valence-corrected chi connectivity index (χ1v) is 12.0. The number of rotatable bonds is 9. The van der Waals surface area contributed by atoms with Crippen LogP contribution in [0.5, 0.6) is 0 Å². The zero-order valence-electron chi connectivity index (χ0n) is 19.6. The average molecular weight is 535 g/mol. The van der Waals surface area contributed by atoms with E-state index < -0.39 is 55.7 Å². The summed E-state index contributed by atoms with van der Waals surface area (Å²) in [7, 11) is 0. The molecule has 0 aromatic carbocycles. The molecule has 0 unspecified atom stereocenters.